The fourth-order valence-electron chi connectivity index (χ4n) is 10.6. The number of rotatable bonds is 7. The molecule has 3 heteroatoms. The number of hydrogen-bond donors (Lipinski definition) is 0. The summed E-state index contributed by atoms with van der Waals surface area (Å²) < 4.78 is 13.5. The van der Waals surface area contributed by atoms with Crippen LogP contribution in [0, 0.1) is 0 Å². The van der Waals surface area contributed by atoms with Gasteiger partial charge in [-0.3, -0.25) is 0 Å². The second kappa shape index (κ2) is 14.8. The van der Waals surface area contributed by atoms with Crippen molar-refractivity contribution in [2.75, 3.05) is 4.90 Å². The third-order valence-corrected chi connectivity index (χ3v) is 13.9. The second-order valence-electron chi connectivity index (χ2n) is 18.0. The van der Waals surface area contributed by atoms with Gasteiger partial charge in [0.2, 0.25) is 0 Å². The van der Waals surface area contributed by atoms with E-state index in [9.17, 15) is 0 Å². The van der Waals surface area contributed by atoms with Gasteiger partial charge in [0.25, 0.3) is 0 Å². The molecule has 312 valence electrons. The molecule has 0 amide bonds. The quantitative estimate of drug-likeness (QED) is 0.160. The van der Waals surface area contributed by atoms with Crippen LogP contribution in [0.4, 0.5) is 17.1 Å². The first-order chi connectivity index (χ1) is 32.5. The van der Waals surface area contributed by atoms with E-state index in [1.165, 1.54) is 44.5 Å². The highest BCUT2D eigenvalue weighted by Crippen LogP contribution is 2.52. The average Bonchev–Trinajstić information content (AvgIpc) is 4.02. The van der Waals surface area contributed by atoms with Gasteiger partial charge < -0.3 is 13.7 Å². The summed E-state index contributed by atoms with van der Waals surface area (Å²) in [4.78, 5) is 2.34. The zero-order valence-electron chi connectivity index (χ0n) is 36.6. The van der Waals surface area contributed by atoms with E-state index in [-0.39, 0.29) is 5.41 Å². The van der Waals surface area contributed by atoms with Crippen molar-refractivity contribution < 1.29 is 8.83 Å². The summed E-state index contributed by atoms with van der Waals surface area (Å²) in [6, 6.07) is 80.7. The van der Waals surface area contributed by atoms with Crippen LogP contribution < -0.4 is 4.90 Å². The van der Waals surface area contributed by atoms with Crippen molar-refractivity contribution in [1.29, 1.82) is 0 Å². The summed E-state index contributed by atoms with van der Waals surface area (Å²) >= 11 is 0. The normalized spacial score (nSPS) is 12.8. The van der Waals surface area contributed by atoms with E-state index in [1.807, 2.05) is 18.2 Å². The summed E-state index contributed by atoms with van der Waals surface area (Å²) in [7, 11) is 0. The molecule has 0 spiro atoms. The number of anilines is 3. The standard InChI is InChI=1S/C63H43NO2/c1-63(2)54-19-11-9-17-50(54)51-34-27-45(39-55(51)63)49-35-36-53-61-58(38-37-57-60(61)52-18-10-12-20-56(52)65-57)66-62(53)59(49)44-25-32-48(33-26-44)64(46-28-21-42(22-29-46)40-13-5-3-6-14-40)47-30-23-43(24-31-47)41-15-7-4-8-16-41/h3-39H,1-2H3. The molecule has 1 aliphatic carbocycles. The van der Waals surface area contributed by atoms with Crippen LogP contribution in [0.3, 0.4) is 0 Å². The largest absolute Gasteiger partial charge is 0.456 e. The third-order valence-electron chi connectivity index (χ3n) is 13.9. The molecule has 0 radical (unpaired) electrons. The van der Waals surface area contributed by atoms with E-state index in [0.717, 1.165) is 83.2 Å². The van der Waals surface area contributed by atoms with Crippen molar-refractivity contribution in [2.45, 2.75) is 19.3 Å². The van der Waals surface area contributed by atoms with Crippen molar-refractivity contribution in [3.05, 3.63) is 236 Å². The van der Waals surface area contributed by atoms with E-state index in [1.54, 1.807) is 0 Å². The van der Waals surface area contributed by atoms with Gasteiger partial charge in [-0.25, -0.2) is 0 Å². The molecule has 2 heterocycles. The lowest BCUT2D eigenvalue weighted by molar-refractivity contribution is 0.660. The Kier molecular flexibility index (Phi) is 8.56. The van der Waals surface area contributed by atoms with Crippen LogP contribution in [0.1, 0.15) is 25.0 Å². The van der Waals surface area contributed by atoms with Crippen LogP contribution in [0.5, 0.6) is 0 Å². The van der Waals surface area contributed by atoms with E-state index < -0.39 is 0 Å². The first kappa shape index (κ1) is 38.1. The molecule has 0 saturated carbocycles. The molecule has 3 nitrogen and oxygen atoms in total. The third kappa shape index (κ3) is 5.97. The molecule has 2 aromatic heterocycles. The lowest BCUT2D eigenvalue weighted by Crippen LogP contribution is -2.14. The van der Waals surface area contributed by atoms with Gasteiger partial charge in [0.05, 0.1) is 0 Å². The molecule has 0 atom stereocenters. The Labute approximate surface area is 383 Å². The van der Waals surface area contributed by atoms with Crippen LogP contribution in [-0.4, -0.2) is 0 Å². The van der Waals surface area contributed by atoms with Gasteiger partial charge in [-0.05, 0) is 128 Å². The minimum Gasteiger partial charge on any atom is -0.456 e. The fraction of sp³-hybridized carbons (Fsp3) is 0.0476. The maximum absolute atomic E-state index is 7.07. The highest BCUT2D eigenvalue weighted by molar-refractivity contribution is 6.27. The highest BCUT2D eigenvalue weighted by Gasteiger charge is 2.35. The number of hydrogen-bond acceptors (Lipinski definition) is 3. The van der Waals surface area contributed by atoms with Gasteiger partial charge in [-0.2, -0.15) is 0 Å². The Bertz CT molecular complexity index is 3720. The molecule has 0 fully saturated rings. The number of furan rings is 2. The topological polar surface area (TPSA) is 29.5 Å². The molecule has 1 aliphatic rings. The molecule has 0 bridgehead atoms. The van der Waals surface area contributed by atoms with Crippen molar-refractivity contribution >= 4 is 60.9 Å². The number of benzene rings is 10. The molecule has 0 N–H and O–H groups in total. The molecular formula is C63H43NO2. The minimum absolute atomic E-state index is 0.136. The predicted octanol–water partition coefficient (Wildman–Crippen LogP) is 17.9. The SMILES string of the molecule is CC1(C)c2ccccc2-c2ccc(-c3ccc4c(oc5ccc6oc7ccccc7c6c54)c3-c3ccc(N(c4ccc(-c5ccccc5)cc4)c4ccc(-c5ccccc5)cc4)cc3)cc21. The van der Waals surface area contributed by atoms with E-state index in [4.69, 9.17) is 8.83 Å². The van der Waals surface area contributed by atoms with E-state index in [0.29, 0.717) is 0 Å². The van der Waals surface area contributed by atoms with Crippen LogP contribution in [0.25, 0.3) is 99.5 Å². The summed E-state index contributed by atoms with van der Waals surface area (Å²) in [5.74, 6) is 0. The second-order valence-corrected chi connectivity index (χ2v) is 18.0. The summed E-state index contributed by atoms with van der Waals surface area (Å²) in [6.45, 7) is 4.69. The maximum atomic E-state index is 7.07. The molecule has 13 rings (SSSR count). The zero-order valence-corrected chi connectivity index (χ0v) is 36.6. The smallest absolute Gasteiger partial charge is 0.143 e. The molecule has 66 heavy (non-hydrogen) atoms. The van der Waals surface area contributed by atoms with Crippen molar-refractivity contribution in [3.8, 4) is 55.6 Å². The highest BCUT2D eigenvalue weighted by atomic mass is 16.3. The van der Waals surface area contributed by atoms with Crippen LogP contribution in [-0.2, 0) is 5.41 Å². The summed E-state index contributed by atoms with van der Waals surface area (Å²) in [6.07, 6.45) is 0. The lowest BCUT2D eigenvalue weighted by atomic mass is 9.81. The molecule has 10 aromatic carbocycles. The van der Waals surface area contributed by atoms with Gasteiger partial charge in [0.15, 0.2) is 0 Å². The summed E-state index contributed by atoms with van der Waals surface area (Å²) in [5.41, 5.74) is 21.0. The molecule has 0 saturated heterocycles. The Balaban J connectivity index is 0.990. The van der Waals surface area contributed by atoms with Crippen molar-refractivity contribution in [1.82, 2.24) is 0 Å². The zero-order chi connectivity index (χ0) is 43.9. The van der Waals surface area contributed by atoms with Gasteiger partial charge in [0, 0.05) is 49.6 Å². The van der Waals surface area contributed by atoms with Crippen LogP contribution in [0.15, 0.2) is 233 Å². The number of nitrogens with zero attached hydrogens (tertiary/aromatic N) is 1. The molecule has 0 aliphatic heterocycles. The maximum Gasteiger partial charge on any atom is 0.143 e. The van der Waals surface area contributed by atoms with Crippen molar-refractivity contribution in [3.63, 3.8) is 0 Å². The Hall–Kier alpha value is -8.40. The van der Waals surface area contributed by atoms with E-state index in [2.05, 4.69) is 225 Å². The fourth-order valence-corrected chi connectivity index (χ4v) is 10.6. The molecule has 0 unspecified atom stereocenters. The minimum atomic E-state index is -0.136. The monoisotopic (exact) mass is 845 g/mol. The molecule has 12 aromatic rings. The van der Waals surface area contributed by atoms with Gasteiger partial charge in [0.1, 0.15) is 22.3 Å². The van der Waals surface area contributed by atoms with Crippen molar-refractivity contribution in [2.24, 2.45) is 0 Å². The predicted molar refractivity (Wildman–Crippen MR) is 275 cm³/mol. The Morgan fingerprint density at radius 1 is 0.333 bits per heavy atom. The van der Waals surface area contributed by atoms with Gasteiger partial charge >= 0.3 is 0 Å². The average molecular weight is 846 g/mol. The van der Waals surface area contributed by atoms with Gasteiger partial charge in [-0.1, -0.05) is 172 Å². The summed E-state index contributed by atoms with van der Waals surface area (Å²) in [5, 5.41) is 4.31. The van der Waals surface area contributed by atoms with Crippen LogP contribution >= 0.6 is 0 Å². The Morgan fingerprint density at radius 2 is 0.818 bits per heavy atom. The van der Waals surface area contributed by atoms with E-state index >= 15 is 0 Å². The Morgan fingerprint density at radius 3 is 1.47 bits per heavy atom. The first-order valence-corrected chi connectivity index (χ1v) is 22.7. The van der Waals surface area contributed by atoms with Gasteiger partial charge in [-0.15, -0.1) is 0 Å². The lowest BCUT2D eigenvalue weighted by Gasteiger charge is -2.26. The first-order valence-electron chi connectivity index (χ1n) is 22.7. The number of fused-ring (bicyclic) bond motifs is 10. The number of para-hydroxylation sites is 1. The van der Waals surface area contributed by atoms with Crippen LogP contribution in [0.2, 0.25) is 0 Å². The molecular weight excluding hydrogens is 803 g/mol.